The van der Waals surface area contributed by atoms with E-state index < -0.39 is 0 Å². The molecule has 1 fully saturated rings. The molecule has 96 valence electrons. The lowest BCUT2D eigenvalue weighted by Gasteiger charge is -2.17. The molecule has 3 heterocycles. The molecule has 19 heavy (non-hydrogen) atoms. The maximum absolute atomic E-state index is 8.82. The van der Waals surface area contributed by atoms with Crippen molar-refractivity contribution < 1.29 is 0 Å². The SMILES string of the molecule is Cc1cc(N2CCC(n3cc(C#N)cn3)C2)ncn1. The molecule has 1 saturated heterocycles. The molecule has 0 N–H and O–H groups in total. The Hall–Kier alpha value is -2.42. The van der Waals surface area contributed by atoms with Gasteiger partial charge in [-0.15, -0.1) is 0 Å². The molecule has 0 radical (unpaired) electrons. The van der Waals surface area contributed by atoms with Crippen LogP contribution in [-0.4, -0.2) is 32.8 Å². The van der Waals surface area contributed by atoms with Crippen molar-refractivity contribution in [1.29, 1.82) is 5.26 Å². The molecule has 6 heteroatoms. The Morgan fingerprint density at radius 3 is 3.05 bits per heavy atom. The van der Waals surface area contributed by atoms with E-state index in [1.165, 1.54) is 0 Å². The maximum Gasteiger partial charge on any atom is 0.132 e. The van der Waals surface area contributed by atoms with Gasteiger partial charge in [0.1, 0.15) is 18.2 Å². The summed E-state index contributed by atoms with van der Waals surface area (Å²) in [5.41, 5.74) is 1.58. The van der Waals surface area contributed by atoms with E-state index in [2.05, 4.69) is 26.0 Å². The van der Waals surface area contributed by atoms with Crippen LogP contribution in [0.25, 0.3) is 0 Å². The minimum absolute atomic E-state index is 0.303. The number of anilines is 1. The molecule has 6 nitrogen and oxygen atoms in total. The highest BCUT2D eigenvalue weighted by Crippen LogP contribution is 2.25. The Balaban J connectivity index is 1.75. The van der Waals surface area contributed by atoms with Crippen LogP contribution in [0, 0.1) is 18.3 Å². The summed E-state index contributed by atoms with van der Waals surface area (Å²) in [7, 11) is 0. The molecule has 1 aliphatic rings. The molecular weight excluding hydrogens is 240 g/mol. The summed E-state index contributed by atoms with van der Waals surface area (Å²) in [6.45, 7) is 3.78. The minimum Gasteiger partial charge on any atom is -0.354 e. The van der Waals surface area contributed by atoms with Gasteiger partial charge in [-0.05, 0) is 13.3 Å². The fraction of sp³-hybridized carbons (Fsp3) is 0.385. The van der Waals surface area contributed by atoms with Crippen molar-refractivity contribution in [1.82, 2.24) is 19.7 Å². The second kappa shape index (κ2) is 4.69. The summed E-state index contributed by atoms with van der Waals surface area (Å²) in [6.07, 6.45) is 6.02. The van der Waals surface area contributed by atoms with Crippen molar-refractivity contribution in [2.75, 3.05) is 18.0 Å². The number of hydrogen-bond acceptors (Lipinski definition) is 5. The zero-order valence-corrected chi connectivity index (χ0v) is 10.7. The van der Waals surface area contributed by atoms with Crippen molar-refractivity contribution in [3.63, 3.8) is 0 Å². The van der Waals surface area contributed by atoms with Crippen LogP contribution in [-0.2, 0) is 0 Å². The third kappa shape index (κ3) is 2.27. The van der Waals surface area contributed by atoms with E-state index in [-0.39, 0.29) is 0 Å². The van der Waals surface area contributed by atoms with E-state index in [1.807, 2.05) is 17.7 Å². The Bertz CT molecular complexity index is 626. The van der Waals surface area contributed by atoms with Crippen LogP contribution >= 0.6 is 0 Å². The largest absolute Gasteiger partial charge is 0.354 e. The van der Waals surface area contributed by atoms with Crippen molar-refractivity contribution in [2.24, 2.45) is 0 Å². The molecule has 2 aromatic heterocycles. The molecule has 0 bridgehead atoms. The second-order valence-electron chi connectivity index (χ2n) is 4.73. The molecule has 2 aromatic rings. The van der Waals surface area contributed by atoms with Crippen LogP contribution in [0.1, 0.15) is 23.7 Å². The van der Waals surface area contributed by atoms with Gasteiger partial charge in [0.2, 0.25) is 0 Å². The highest BCUT2D eigenvalue weighted by molar-refractivity contribution is 5.40. The molecule has 0 aliphatic carbocycles. The van der Waals surface area contributed by atoms with Crippen molar-refractivity contribution >= 4 is 5.82 Å². The molecule has 1 aliphatic heterocycles. The third-order valence-electron chi connectivity index (χ3n) is 3.38. The summed E-state index contributed by atoms with van der Waals surface area (Å²) in [5.74, 6) is 0.961. The van der Waals surface area contributed by atoms with E-state index >= 15 is 0 Å². The minimum atomic E-state index is 0.303. The number of hydrogen-bond donors (Lipinski definition) is 0. The van der Waals surface area contributed by atoms with Gasteiger partial charge in [0.05, 0.1) is 17.8 Å². The predicted octanol–water partition coefficient (Wildman–Crippen LogP) is 1.30. The highest BCUT2D eigenvalue weighted by Gasteiger charge is 2.25. The normalized spacial score (nSPS) is 18.5. The van der Waals surface area contributed by atoms with Crippen LogP contribution in [0.2, 0.25) is 0 Å². The number of aromatic nitrogens is 4. The van der Waals surface area contributed by atoms with E-state index in [9.17, 15) is 0 Å². The van der Waals surface area contributed by atoms with Gasteiger partial charge in [0.15, 0.2) is 0 Å². The molecule has 0 amide bonds. The Morgan fingerprint density at radius 1 is 1.42 bits per heavy atom. The van der Waals surface area contributed by atoms with Crippen molar-refractivity contribution in [2.45, 2.75) is 19.4 Å². The first kappa shape index (κ1) is 11.7. The van der Waals surface area contributed by atoms with Gasteiger partial charge in [0, 0.05) is 31.0 Å². The number of aryl methyl sites for hydroxylation is 1. The molecule has 1 unspecified atom stereocenters. The van der Waals surface area contributed by atoms with Crippen LogP contribution < -0.4 is 4.90 Å². The maximum atomic E-state index is 8.82. The number of nitrogens with zero attached hydrogens (tertiary/aromatic N) is 6. The molecular formula is C13H14N6. The topological polar surface area (TPSA) is 70.6 Å². The Labute approximate surface area is 111 Å². The van der Waals surface area contributed by atoms with Gasteiger partial charge in [-0.1, -0.05) is 0 Å². The Morgan fingerprint density at radius 2 is 2.32 bits per heavy atom. The quantitative estimate of drug-likeness (QED) is 0.808. The molecule has 3 rings (SSSR count). The zero-order chi connectivity index (χ0) is 13.2. The summed E-state index contributed by atoms with van der Waals surface area (Å²) < 4.78 is 1.88. The fourth-order valence-electron chi connectivity index (χ4n) is 2.37. The summed E-state index contributed by atoms with van der Waals surface area (Å²) in [5, 5.41) is 13.1. The van der Waals surface area contributed by atoms with Gasteiger partial charge >= 0.3 is 0 Å². The first-order chi connectivity index (χ1) is 9.26. The van der Waals surface area contributed by atoms with E-state index in [1.54, 1.807) is 18.7 Å². The monoisotopic (exact) mass is 254 g/mol. The summed E-state index contributed by atoms with van der Waals surface area (Å²) in [4.78, 5) is 10.6. The average molecular weight is 254 g/mol. The van der Waals surface area contributed by atoms with Gasteiger partial charge < -0.3 is 4.90 Å². The highest BCUT2D eigenvalue weighted by atomic mass is 15.3. The van der Waals surface area contributed by atoms with Gasteiger partial charge in [-0.3, -0.25) is 4.68 Å². The lowest BCUT2D eigenvalue weighted by molar-refractivity contribution is 0.494. The van der Waals surface area contributed by atoms with E-state index in [4.69, 9.17) is 5.26 Å². The third-order valence-corrected chi connectivity index (χ3v) is 3.38. The molecule has 0 aromatic carbocycles. The van der Waals surface area contributed by atoms with E-state index in [0.29, 0.717) is 11.6 Å². The van der Waals surface area contributed by atoms with Crippen molar-refractivity contribution in [3.8, 4) is 6.07 Å². The number of rotatable bonds is 2. The standard InChI is InChI=1S/C13H14N6/c1-10-4-13(16-9-15-10)18-3-2-12(8-18)19-7-11(5-14)6-17-19/h4,6-7,9,12H,2-3,8H2,1H3. The van der Waals surface area contributed by atoms with Gasteiger partial charge in [0.25, 0.3) is 0 Å². The van der Waals surface area contributed by atoms with Crippen LogP contribution in [0.4, 0.5) is 5.82 Å². The smallest absolute Gasteiger partial charge is 0.132 e. The lowest BCUT2D eigenvalue weighted by atomic mass is 10.3. The van der Waals surface area contributed by atoms with Crippen LogP contribution in [0.3, 0.4) is 0 Å². The molecule has 0 saturated carbocycles. The fourth-order valence-corrected chi connectivity index (χ4v) is 2.37. The molecule has 1 atom stereocenters. The number of nitriles is 1. The molecule has 0 spiro atoms. The summed E-state index contributed by atoms with van der Waals surface area (Å²) >= 11 is 0. The lowest BCUT2D eigenvalue weighted by Crippen LogP contribution is -2.22. The van der Waals surface area contributed by atoms with Crippen LogP contribution in [0.15, 0.2) is 24.8 Å². The van der Waals surface area contributed by atoms with Crippen molar-refractivity contribution in [3.05, 3.63) is 36.0 Å². The van der Waals surface area contributed by atoms with Crippen LogP contribution in [0.5, 0.6) is 0 Å². The average Bonchev–Trinajstić information content (AvgIpc) is 3.07. The van der Waals surface area contributed by atoms with E-state index in [0.717, 1.165) is 31.0 Å². The zero-order valence-electron chi connectivity index (χ0n) is 10.7. The first-order valence-electron chi connectivity index (χ1n) is 6.24. The summed E-state index contributed by atoms with van der Waals surface area (Å²) in [6, 6.07) is 4.40. The Kier molecular flexibility index (Phi) is 2.88. The van der Waals surface area contributed by atoms with Gasteiger partial charge in [-0.2, -0.15) is 10.4 Å². The first-order valence-corrected chi connectivity index (χ1v) is 6.24. The van der Waals surface area contributed by atoms with Gasteiger partial charge in [-0.25, -0.2) is 9.97 Å². The predicted molar refractivity (Wildman–Crippen MR) is 69.6 cm³/mol. The second-order valence-corrected chi connectivity index (χ2v) is 4.73.